The molecule has 5 heteroatoms. The van der Waals surface area contributed by atoms with E-state index in [1.807, 2.05) is 42.6 Å². The van der Waals surface area contributed by atoms with E-state index in [2.05, 4.69) is 60.5 Å². The molecule has 0 spiro atoms. The van der Waals surface area contributed by atoms with Crippen LogP contribution in [-0.4, -0.2) is 41.2 Å². The number of ether oxygens (including phenoxy) is 2. The average molecular weight is 533 g/mol. The molecule has 0 aliphatic carbocycles. The van der Waals surface area contributed by atoms with Crippen LogP contribution in [0.2, 0.25) is 0 Å². The van der Waals surface area contributed by atoms with Crippen LogP contribution in [0.15, 0.2) is 92.2 Å². The van der Waals surface area contributed by atoms with Crippen LogP contribution >= 0.6 is 0 Å². The Morgan fingerprint density at radius 2 is 1.75 bits per heavy atom. The van der Waals surface area contributed by atoms with Crippen molar-refractivity contribution < 1.29 is 14.6 Å². The molecule has 0 amide bonds. The van der Waals surface area contributed by atoms with E-state index in [-0.39, 0.29) is 6.04 Å². The molecule has 0 radical (unpaired) electrons. The van der Waals surface area contributed by atoms with E-state index in [4.69, 9.17) is 14.5 Å². The largest absolute Gasteiger partial charge is 0.497 e. The molecule has 3 aromatic carbocycles. The van der Waals surface area contributed by atoms with Gasteiger partial charge in [0.05, 0.1) is 18.7 Å². The molecule has 3 aliphatic rings. The lowest BCUT2D eigenvalue weighted by atomic mass is 9.73. The van der Waals surface area contributed by atoms with E-state index < -0.39 is 6.10 Å². The van der Waals surface area contributed by atoms with Gasteiger partial charge in [0.25, 0.3) is 0 Å². The molecule has 5 atom stereocenters. The van der Waals surface area contributed by atoms with Gasteiger partial charge in [-0.05, 0) is 83.8 Å². The normalized spacial score (nSPS) is 22.6. The average Bonchev–Trinajstić information content (AvgIpc) is 3.03. The number of pyridine rings is 1. The quantitative estimate of drug-likeness (QED) is 0.234. The van der Waals surface area contributed by atoms with Gasteiger partial charge >= 0.3 is 0 Å². The summed E-state index contributed by atoms with van der Waals surface area (Å²) < 4.78 is 11.8. The fraction of sp³-hybridized carbons (Fsp3) is 0.286. The summed E-state index contributed by atoms with van der Waals surface area (Å²) in [6.07, 6.45) is 7.25. The third-order valence-corrected chi connectivity index (χ3v) is 8.74. The maximum absolute atomic E-state index is 12.0. The number of methoxy groups -OCH3 is 1. The Labute approximate surface area is 236 Å². The van der Waals surface area contributed by atoms with Crippen LogP contribution in [0.5, 0.6) is 11.5 Å². The van der Waals surface area contributed by atoms with Gasteiger partial charge in [0.1, 0.15) is 18.1 Å². The first-order valence-corrected chi connectivity index (χ1v) is 14.0. The van der Waals surface area contributed by atoms with Gasteiger partial charge in [0.15, 0.2) is 0 Å². The molecule has 3 fully saturated rings. The second kappa shape index (κ2) is 11.3. The van der Waals surface area contributed by atoms with E-state index in [1.54, 1.807) is 7.11 Å². The lowest BCUT2D eigenvalue weighted by Crippen LogP contribution is -2.55. The number of rotatable bonds is 9. The topological polar surface area (TPSA) is 54.8 Å². The van der Waals surface area contributed by atoms with E-state index >= 15 is 0 Å². The van der Waals surface area contributed by atoms with Crippen LogP contribution in [-0.2, 0) is 6.61 Å². The van der Waals surface area contributed by atoms with Crippen molar-refractivity contribution in [2.45, 2.75) is 31.6 Å². The highest BCUT2D eigenvalue weighted by molar-refractivity contribution is 5.85. The number of piperidine rings is 3. The summed E-state index contributed by atoms with van der Waals surface area (Å²) in [6.45, 7) is 10.2. The van der Waals surface area contributed by atoms with Gasteiger partial charge in [-0.15, -0.1) is 6.58 Å². The van der Waals surface area contributed by atoms with Crippen molar-refractivity contribution >= 4 is 17.0 Å². The fourth-order valence-electron chi connectivity index (χ4n) is 6.44. The molecule has 0 saturated carbocycles. The number of benzene rings is 3. The van der Waals surface area contributed by atoms with Crippen molar-refractivity contribution in [2.75, 3.05) is 20.2 Å². The van der Waals surface area contributed by atoms with Crippen LogP contribution in [0.1, 0.15) is 35.6 Å². The Kier molecular flexibility index (Phi) is 7.42. The number of aliphatic hydroxyl groups is 1. The number of aliphatic hydroxyl groups excluding tert-OH is 1. The molecule has 2 unspecified atom stereocenters. The molecule has 3 aliphatic heterocycles. The van der Waals surface area contributed by atoms with Gasteiger partial charge in [0.2, 0.25) is 0 Å². The molecular weight excluding hydrogens is 496 g/mol. The summed E-state index contributed by atoms with van der Waals surface area (Å²) in [6, 6.07) is 22.3. The summed E-state index contributed by atoms with van der Waals surface area (Å²) in [5, 5.41) is 12.9. The van der Waals surface area contributed by atoms with Gasteiger partial charge in [-0.1, -0.05) is 55.1 Å². The number of hydrogen-bond donors (Lipinski definition) is 1. The maximum atomic E-state index is 12.0. The highest BCUT2D eigenvalue weighted by Gasteiger charge is 2.42. The first-order chi connectivity index (χ1) is 19.6. The minimum absolute atomic E-state index is 0.0530. The summed E-state index contributed by atoms with van der Waals surface area (Å²) in [7, 11) is 1.66. The smallest absolute Gasteiger partial charge is 0.119 e. The van der Waals surface area contributed by atoms with Crippen molar-refractivity contribution in [1.82, 2.24) is 9.88 Å². The van der Waals surface area contributed by atoms with E-state index in [0.717, 1.165) is 76.2 Å². The molecule has 1 N–H and O–H groups in total. The molecule has 1 aromatic heterocycles. The third kappa shape index (κ3) is 5.03. The molecule has 4 aromatic rings. The second-order valence-electron chi connectivity index (χ2n) is 10.9. The van der Waals surface area contributed by atoms with Gasteiger partial charge in [-0.3, -0.25) is 9.88 Å². The Morgan fingerprint density at radius 1 is 1.02 bits per heavy atom. The van der Waals surface area contributed by atoms with E-state index in [0.29, 0.717) is 18.4 Å². The van der Waals surface area contributed by atoms with Crippen molar-refractivity contribution in [3.8, 4) is 22.6 Å². The second-order valence-corrected chi connectivity index (χ2v) is 10.9. The van der Waals surface area contributed by atoms with Crippen LogP contribution in [0, 0.1) is 11.8 Å². The van der Waals surface area contributed by atoms with Crippen LogP contribution in [0.3, 0.4) is 0 Å². The van der Waals surface area contributed by atoms with Crippen molar-refractivity contribution in [3.05, 3.63) is 109 Å². The third-order valence-electron chi connectivity index (χ3n) is 8.74. The van der Waals surface area contributed by atoms with E-state index in [9.17, 15) is 5.11 Å². The standard InChI is InChI=1S/C35H36N2O3/c1-4-23-6-8-25(9-7-23)26-10-12-29(13-11-26)40-22-28-20-36-32-15-14-30(39-3)19-31(32)34(28)35(38)33-18-27-16-17-37(33)21-24(27)5-2/h4-15,19-20,24,27,33,35,38H,1-2,16-18,21-22H2,3H3/t24-,27?,33-,35-/m0/s1. The number of nitrogens with zero attached hydrogens (tertiary/aromatic N) is 2. The van der Waals surface area contributed by atoms with Gasteiger partial charge in [0, 0.05) is 29.7 Å². The van der Waals surface area contributed by atoms with Gasteiger partial charge < -0.3 is 14.6 Å². The molecule has 4 heterocycles. The Morgan fingerprint density at radius 3 is 2.40 bits per heavy atom. The Bertz CT molecular complexity index is 1510. The molecule has 204 valence electrons. The monoisotopic (exact) mass is 532 g/mol. The lowest BCUT2D eigenvalue weighted by Gasteiger charge is -2.50. The summed E-state index contributed by atoms with van der Waals surface area (Å²) >= 11 is 0. The van der Waals surface area contributed by atoms with Crippen LogP contribution < -0.4 is 9.47 Å². The molecule has 7 rings (SSSR count). The fourth-order valence-corrected chi connectivity index (χ4v) is 6.44. The van der Waals surface area contributed by atoms with E-state index in [1.165, 1.54) is 0 Å². The zero-order valence-corrected chi connectivity index (χ0v) is 23.0. The SMILES string of the molecule is C=Cc1ccc(-c2ccc(OCc3cnc4ccc(OC)cc4c3[C@@H](O)[C@@H]3CC4CCN3C[C@@H]4C=C)cc2)cc1. The molecule has 2 bridgehead atoms. The summed E-state index contributed by atoms with van der Waals surface area (Å²) in [5.41, 5.74) is 5.98. The van der Waals surface area contributed by atoms with Crippen molar-refractivity contribution in [3.63, 3.8) is 0 Å². The zero-order chi connectivity index (χ0) is 27.6. The lowest BCUT2D eigenvalue weighted by molar-refractivity contribution is -0.0449. The Balaban J connectivity index is 1.28. The van der Waals surface area contributed by atoms with Crippen LogP contribution in [0.4, 0.5) is 0 Å². The maximum Gasteiger partial charge on any atom is 0.119 e. The molecule has 5 nitrogen and oxygen atoms in total. The molecule has 40 heavy (non-hydrogen) atoms. The number of aromatic nitrogens is 1. The van der Waals surface area contributed by atoms with Crippen molar-refractivity contribution in [2.24, 2.45) is 11.8 Å². The summed E-state index contributed by atoms with van der Waals surface area (Å²) in [5.74, 6) is 2.58. The number of fused-ring (bicyclic) bond motifs is 4. The highest BCUT2D eigenvalue weighted by atomic mass is 16.5. The highest BCUT2D eigenvalue weighted by Crippen LogP contribution is 2.43. The minimum Gasteiger partial charge on any atom is -0.497 e. The van der Waals surface area contributed by atoms with Gasteiger partial charge in [-0.2, -0.15) is 0 Å². The first-order valence-electron chi connectivity index (χ1n) is 14.0. The first kappa shape index (κ1) is 26.3. The van der Waals surface area contributed by atoms with Crippen molar-refractivity contribution in [1.29, 1.82) is 0 Å². The number of hydrogen-bond acceptors (Lipinski definition) is 5. The van der Waals surface area contributed by atoms with Crippen LogP contribution in [0.25, 0.3) is 28.1 Å². The predicted molar refractivity (Wildman–Crippen MR) is 161 cm³/mol. The van der Waals surface area contributed by atoms with Gasteiger partial charge in [-0.25, -0.2) is 0 Å². The minimum atomic E-state index is -0.661. The Hall–Kier alpha value is -3.93. The zero-order valence-electron chi connectivity index (χ0n) is 23.0. The molecule has 3 saturated heterocycles. The summed E-state index contributed by atoms with van der Waals surface area (Å²) in [4.78, 5) is 7.16. The molecular formula is C35H36N2O3. The predicted octanol–water partition coefficient (Wildman–Crippen LogP) is 7.06.